The third-order valence-corrected chi connectivity index (χ3v) is 1.20. The number of aliphatic hydroxyl groups excluding tert-OH is 1. The van der Waals surface area contributed by atoms with Crippen molar-refractivity contribution in [1.29, 1.82) is 0 Å². The number of hydrogen-bond donors (Lipinski definition) is 3. The van der Waals surface area contributed by atoms with Crippen molar-refractivity contribution in [2.45, 2.75) is 0 Å². The van der Waals surface area contributed by atoms with Crippen LogP contribution in [0, 0.1) is 0 Å². The van der Waals surface area contributed by atoms with Gasteiger partial charge < -0.3 is 16.6 Å². The molecule has 1 aromatic rings. The third-order valence-electron chi connectivity index (χ3n) is 1.20. The highest BCUT2D eigenvalue weighted by Crippen LogP contribution is 2.03. The molecule has 0 unspecified atom stereocenters. The molecule has 0 fully saturated rings. The van der Waals surface area contributed by atoms with Crippen molar-refractivity contribution in [2.75, 3.05) is 12.8 Å². The highest BCUT2D eigenvalue weighted by molar-refractivity contribution is 5.92. The molecule has 12 heavy (non-hydrogen) atoms. The van der Waals surface area contributed by atoms with E-state index in [2.05, 4.69) is 0 Å². The maximum Gasteiger partial charge on any atom is 0.248 e. The van der Waals surface area contributed by atoms with E-state index < -0.39 is 5.91 Å². The Kier molecular flexibility index (Phi) is 4.48. The van der Waals surface area contributed by atoms with E-state index in [4.69, 9.17) is 16.6 Å². The summed E-state index contributed by atoms with van der Waals surface area (Å²) in [7, 11) is 1.00. The number of amides is 1. The average Bonchev–Trinajstić information content (AvgIpc) is 2.09. The number of aliphatic hydroxyl groups is 1. The van der Waals surface area contributed by atoms with Crippen LogP contribution in [0.3, 0.4) is 0 Å². The smallest absolute Gasteiger partial charge is 0.248 e. The fourth-order valence-electron chi connectivity index (χ4n) is 0.647. The van der Waals surface area contributed by atoms with Crippen LogP contribution in [0.4, 0.5) is 5.69 Å². The minimum atomic E-state index is -0.431. The average molecular weight is 168 g/mol. The van der Waals surface area contributed by atoms with Gasteiger partial charge in [-0.25, -0.2) is 0 Å². The first-order valence-corrected chi connectivity index (χ1v) is 3.30. The Bertz CT molecular complexity index is 244. The number of primary amides is 1. The lowest BCUT2D eigenvalue weighted by molar-refractivity contribution is 0.100. The van der Waals surface area contributed by atoms with Crippen molar-refractivity contribution in [3.05, 3.63) is 29.8 Å². The molecule has 0 aliphatic heterocycles. The second-order valence-electron chi connectivity index (χ2n) is 1.99. The van der Waals surface area contributed by atoms with Crippen LogP contribution < -0.4 is 11.5 Å². The summed E-state index contributed by atoms with van der Waals surface area (Å²) in [5, 5.41) is 7.00. The van der Waals surface area contributed by atoms with E-state index in [1.54, 1.807) is 24.3 Å². The molecule has 66 valence electrons. The Morgan fingerprint density at radius 2 is 1.67 bits per heavy atom. The van der Waals surface area contributed by atoms with E-state index >= 15 is 0 Å². The zero-order valence-corrected chi connectivity index (χ0v) is 6.82. The number of nitrogen functional groups attached to an aromatic ring is 1. The summed E-state index contributed by atoms with van der Waals surface area (Å²) in [5.41, 5.74) is 11.5. The first kappa shape index (κ1) is 10.4. The topological polar surface area (TPSA) is 89.3 Å². The second-order valence-corrected chi connectivity index (χ2v) is 1.99. The van der Waals surface area contributed by atoms with Gasteiger partial charge in [0.25, 0.3) is 0 Å². The number of carbonyl (C=O) groups is 1. The van der Waals surface area contributed by atoms with Gasteiger partial charge in [0.2, 0.25) is 5.91 Å². The highest BCUT2D eigenvalue weighted by Gasteiger charge is 1.96. The Hall–Kier alpha value is -1.55. The first-order chi connectivity index (χ1) is 5.70. The van der Waals surface area contributed by atoms with Gasteiger partial charge in [-0.15, -0.1) is 0 Å². The van der Waals surface area contributed by atoms with E-state index in [1.807, 2.05) is 0 Å². The van der Waals surface area contributed by atoms with Crippen molar-refractivity contribution < 1.29 is 9.90 Å². The lowest BCUT2D eigenvalue weighted by Crippen LogP contribution is -2.10. The molecule has 0 spiro atoms. The summed E-state index contributed by atoms with van der Waals surface area (Å²) in [4.78, 5) is 10.5. The standard InChI is InChI=1S/C7H8N2O.CH4O/c8-6-3-1-5(2-4-6)7(9)10;1-2/h1-4H,8H2,(H2,9,10);2H,1H3. The van der Waals surface area contributed by atoms with E-state index in [-0.39, 0.29) is 0 Å². The lowest BCUT2D eigenvalue weighted by atomic mass is 10.2. The van der Waals surface area contributed by atoms with Crippen LogP contribution in [0.2, 0.25) is 0 Å². The van der Waals surface area contributed by atoms with Crippen LogP contribution >= 0.6 is 0 Å². The van der Waals surface area contributed by atoms with Crippen molar-refractivity contribution in [3.63, 3.8) is 0 Å². The Morgan fingerprint density at radius 1 is 1.25 bits per heavy atom. The van der Waals surface area contributed by atoms with Gasteiger partial charge in [0.15, 0.2) is 0 Å². The Morgan fingerprint density at radius 3 is 2.00 bits per heavy atom. The lowest BCUT2D eigenvalue weighted by Gasteiger charge is -1.93. The minimum Gasteiger partial charge on any atom is -0.400 e. The molecule has 4 heteroatoms. The maximum atomic E-state index is 10.5. The van der Waals surface area contributed by atoms with Crippen molar-refractivity contribution in [1.82, 2.24) is 0 Å². The zero-order chi connectivity index (χ0) is 9.56. The summed E-state index contributed by atoms with van der Waals surface area (Å²) >= 11 is 0. The minimum absolute atomic E-state index is 0.431. The van der Waals surface area contributed by atoms with Gasteiger partial charge in [-0.2, -0.15) is 0 Å². The molecule has 5 N–H and O–H groups in total. The molecular weight excluding hydrogens is 156 g/mol. The van der Waals surface area contributed by atoms with Crippen molar-refractivity contribution >= 4 is 11.6 Å². The molecule has 0 saturated heterocycles. The predicted molar refractivity (Wildman–Crippen MR) is 47.5 cm³/mol. The molecule has 0 bridgehead atoms. The van der Waals surface area contributed by atoms with E-state index in [9.17, 15) is 4.79 Å². The van der Waals surface area contributed by atoms with E-state index in [0.29, 0.717) is 11.3 Å². The molecule has 0 aliphatic carbocycles. The number of hydrogen-bond acceptors (Lipinski definition) is 3. The SMILES string of the molecule is CO.NC(=O)c1ccc(N)cc1. The van der Waals surface area contributed by atoms with E-state index in [1.165, 1.54) is 0 Å². The van der Waals surface area contributed by atoms with Gasteiger partial charge in [-0.05, 0) is 24.3 Å². The molecule has 0 saturated carbocycles. The monoisotopic (exact) mass is 168 g/mol. The fourth-order valence-corrected chi connectivity index (χ4v) is 0.647. The quantitative estimate of drug-likeness (QED) is 0.514. The van der Waals surface area contributed by atoms with Gasteiger partial charge in [-0.3, -0.25) is 4.79 Å². The second kappa shape index (κ2) is 5.15. The normalized spacial score (nSPS) is 8.17. The molecular formula is C8H12N2O2. The number of benzene rings is 1. The van der Waals surface area contributed by atoms with Crippen LogP contribution in [0.5, 0.6) is 0 Å². The molecule has 1 amide bonds. The molecule has 0 aromatic heterocycles. The number of anilines is 1. The van der Waals surface area contributed by atoms with Gasteiger partial charge in [0.1, 0.15) is 0 Å². The van der Waals surface area contributed by atoms with Crippen molar-refractivity contribution in [2.24, 2.45) is 5.73 Å². The summed E-state index contributed by atoms with van der Waals surface area (Å²) in [5.74, 6) is -0.431. The summed E-state index contributed by atoms with van der Waals surface area (Å²) < 4.78 is 0. The fraction of sp³-hybridized carbons (Fsp3) is 0.125. The zero-order valence-electron chi connectivity index (χ0n) is 6.82. The largest absolute Gasteiger partial charge is 0.400 e. The molecule has 0 aliphatic rings. The molecule has 1 rings (SSSR count). The third kappa shape index (κ3) is 3.03. The van der Waals surface area contributed by atoms with Gasteiger partial charge >= 0.3 is 0 Å². The molecule has 0 atom stereocenters. The summed E-state index contributed by atoms with van der Waals surface area (Å²) in [6, 6.07) is 6.47. The van der Waals surface area contributed by atoms with E-state index in [0.717, 1.165) is 7.11 Å². The van der Waals surface area contributed by atoms with Crippen LogP contribution in [-0.4, -0.2) is 18.1 Å². The number of nitrogens with two attached hydrogens (primary N) is 2. The summed E-state index contributed by atoms with van der Waals surface area (Å²) in [6.07, 6.45) is 0. The van der Waals surface area contributed by atoms with Crippen molar-refractivity contribution in [3.8, 4) is 0 Å². The van der Waals surface area contributed by atoms with Gasteiger partial charge in [0, 0.05) is 18.4 Å². The Balaban J connectivity index is 0.000000561. The first-order valence-electron chi connectivity index (χ1n) is 3.30. The summed E-state index contributed by atoms with van der Waals surface area (Å²) in [6.45, 7) is 0. The van der Waals surface area contributed by atoms with Crippen LogP contribution in [0.15, 0.2) is 24.3 Å². The predicted octanol–water partition coefficient (Wildman–Crippen LogP) is -0.0238. The maximum absolute atomic E-state index is 10.5. The number of carbonyl (C=O) groups excluding carboxylic acids is 1. The molecule has 0 radical (unpaired) electrons. The molecule has 4 nitrogen and oxygen atoms in total. The Labute approximate surface area is 70.8 Å². The highest BCUT2D eigenvalue weighted by atomic mass is 16.2. The number of rotatable bonds is 1. The van der Waals surface area contributed by atoms with Crippen LogP contribution in [-0.2, 0) is 0 Å². The molecule has 0 heterocycles. The van der Waals surface area contributed by atoms with Gasteiger partial charge in [-0.1, -0.05) is 0 Å². The molecule has 1 aromatic carbocycles. The van der Waals surface area contributed by atoms with Crippen LogP contribution in [0.25, 0.3) is 0 Å². The van der Waals surface area contributed by atoms with Gasteiger partial charge in [0.05, 0.1) is 0 Å². The van der Waals surface area contributed by atoms with Crippen LogP contribution in [0.1, 0.15) is 10.4 Å².